The molecule has 6 heterocycles. The molecule has 12 nitrogen and oxygen atoms in total. The maximum Gasteiger partial charge on any atom is 0.106 e. The maximum atomic E-state index is 4.59. The lowest BCUT2D eigenvalue weighted by Crippen LogP contribution is -2.05. The molecule has 396 valence electrons. The van der Waals surface area contributed by atoms with Crippen molar-refractivity contribution in [2.75, 3.05) is 0 Å². The lowest BCUT2D eigenvalue weighted by Gasteiger charge is -2.12. The van der Waals surface area contributed by atoms with E-state index in [4.69, 9.17) is 0 Å². The van der Waals surface area contributed by atoms with Gasteiger partial charge in [-0.3, -0.25) is 0 Å². The summed E-state index contributed by atoms with van der Waals surface area (Å²) in [4.78, 5) is 26.8. The molecule has 0 bridgehead atoms. The topological polar surface area (TPSA) is 107 Å². The Kier molecular flexibility index (Phi) is 25.1. The van der Waals surface area contributed by atoms with Crippen LogP contribution in [0.1, 0.15) is 271 Å². The predicted molar refractivity (Wildman–Crippen MR) is 300 cm³/mol. The van der Waals surface area contributed by atoms with Crippen molar-refractivity contribution >= 4 is 0 Å². The molecule has 6 rings (SSSR count). The Balaban J connectivity index is 0.000000421. The van der Waals surface area contributed by atoms with Gasteiger partial charge in [-0.1, -0.05) is 41.5 Å². The summed E-state index contributed by atoms with van der Waals surface area (Å²) in [5.74, 6) is 8.32. The fourth-order valence-electron chi connectivity index (χ4n) is 9.55. The molecule has 0 fully saturated rings. The van der Waals surface area contributed by atoms with Gasteiger partial charge in [0, 0.05) is 71.4 Å². The van der Waals surface area contributed by atoms with Crippen molar-refractivity contribution in [1.82, 2.24) is 57.3 Å². The van der Waals surface area contributed by atoms with E-state index in [2.05, 4.69) is 270 Å². The number of nitrogens with zero attached hydrogens (tertiary/aromatic N) is 12. The maximum absolute atomic E-state index is 4.59. The summed E-state index contributed by atoms with van der Waals surface area (Å²) in [5, 5.41) is 0. The average molecular weight is 970 g/mol. The van der Waals surface area contributed by atoms with Crippen molar-refractivity contribution < 1.29 is 0 Å². The Morgan fingerprint density at radius 3 is 0.714 bits per heavy atom. The zero-order chi connectivity index (χ0) is 54.6. The van der Waals surface area contributed by atoms with E-state index < -0.39 is 0 Å². The van der Waals surface area contributed by atoms with Crippen LogP contribution in [0.5, 0.6) is 0 Å². The predicted octanol–water partition coefficient (Wildman–Crippen LogP) is 16.2. The minimum Gasteiger partial charge on any atom is -0.332 e. The van der Waals surface area contributed by atoms with E-state index >= 15 is 0 Å². The summed E-state index contributed by atoms with van der Waals surface area (Å²) < 4.78 is 13.5. The van der Waals surface area contributed by atoms with Gasteiger partial charge < -0.3 is 27.4 Å². The van der Waals surface area contributed by atoms with Crippen LogP contribution in [0.3, 0.4) is 0 Å². The molecule has 0 spiro atoms. The zero-order valence-corrected chi connectivity index (χ0v) is 50.7. The Hall–Kier alpha value is -4.74. The van der Waals surface area contributed by atoms with Crippen molar-refractivity contribution in [2.24, 2.45) is 0 Å². The third-order valence-electron chi connectivity index (χ3n) is 12.7. The molecule has 0 atom stereocenters. The minimum absolute atomic E-state index is 0.514. The average Bonchev–Trinajstić information content (AvgIpc) is 4.04. The standard InChI is InChI=1S/2C11H20N2.C10H18N2.2C9H16N2.C8H14N2/c2*1-7(2)11-9(5)13(8(3)4)10(6)12-11;1-7(2)10-6-12(8(3)4)9(5)11-10;2*1-6(2)11-8(4)7(3)10-9(11)5;1-6(2)10-5-7(3)9-8(10)4/h2*7-8H,1-6H3;6-8H,1-5H3;2*6H,1-5H3;5-6H,1-4H3. The number of hydrogen-bond acceptors (Lipinski definition) is 6. The minimum atomic E-state index is 0.514. The lowest BCUT2D eigenvalue weighted by atomic mass is 10.1. The van der Waals surface area contributed by atoms with Crippen molar-refractivity contribution in [3.05, 3.63) is 104 Å². The molecule has 0 aliphatic rings. The second kappa shape index (κ2) is 27.8. The van der Waals surface area contributed by atoms with Crippen molar-refractivity contribution in [3.63, 3.8) is 0 Å². The number of rotatable bonds is 9. The Morgan fingerprint density at radius 2 is 0.571 bits per heavy atom. The van der Waals surface area contributed by atoms with E-state index in [0.29, 0.717) is 54.0 Å². The zero-order valence-electron chi connectivity index (χ0n) is 50.7. The highest BCUT2D eigenvalue weighted by molar-refractivity contribution is 5.21. The number of aryl methyl sites for hydroxylation is 9. The molecule has 0 aromatic carbocycles. The van der Waals surface area contributed by atoms with Gasteiger partial charge in [0.1, 0.15) is 34.9 Å². The Labute approximate surface area is 428 Å². The first-order valence-electron chi connectivity index (χ1n) is 26.3. The van der Waals surface area contributed by atoms with Gasteiger partial charge >= 0.3 is 0 Å². The van der Waals surface area contributed by atoms with Crippen molar-refractivity contribution in [2.45, 2.75) is 269 Å². The van der Waals surface area contributed by atoms with Gasteiger partial charge in [0.05, 0.1) is 34.2 Å². The van der Waals surface area contributed by atoms with Crippen LogP contribution in [0.25, 0.3) is 0 Å². The molecule has 0 amide bonds. The summed E-state index contributed by atoms with van der Waals surface area (Å²) in [6, 6.07) is 3.12. The highest BCUT2D eigenvalue weighted by Crippen LogP contribution is 2.24. The number of imidazole rings is 6. The SMILES string of the molecule is Cc1cn(C(C)C)c(C)n1.Cc1nc(C(C)C)c(C)n1C(C)C.Cc1nc(C(C)C)c(C)n1C(C)C.Cc1nc(C(C)C)cn1C(C)C.Cc1nc(C)n(C(C)C)c1C.Cc1nc(C)n(C(C)C)c1C. The highest BCUT2D eigenvalue weighted by Gasteiger charge is 2.17. The third-order valence-corrected chi connectivity index (χ3v) is 12.7. The van der Waals surface area contributed by atoms with Crippen LogP contribution in [-0.4, -0.2) is 57.3 Å². The van der Waals surface area contributed by atoms with E-state index in [-0.39, 0.29) is 0 Å². The molecule has 0 aliphatic heterocycles. The molecule has 12 heteroatoms. The van der Waals surface area contributed by atoms with Gasteiger partial charge in [-0.25, -0.2) is 29.9 Å². The summed E-state index contributed by atoms with van der Waals surface area (Å²) in [6.07, 6.45) is 4.24. The Bertz CT molecular complexity index is 2360. The number of aromatic nitrogens is 12. The summed E-state index contributed by atoms with van der Waals surface area (Å²) in [6.45, 7) is 66.4. The monoisotopic (exact) mass is 969 g/mol. The van der Waals surface area contributed by atoms with Crippen LogP contribution in [0, 0.1) is 90.0 Å². The molecular formula is C58H104N12. The Morgan fingerprint density at radius 1 is 0.286 bits per heavy atom. The summed E-state index contributed by atoms with van der Waals surface area (Å²) in [7, 11) is 0. The second-order valence-corrected chi connectivity index (χ2v) is 21.9. The normalized spacial score (nSPS) is 11.4. The van der Waals surface area contributed by atoms with Gasteiger partial charge in [0.2, 0.25) is 0 Å². The molecule has 70 heavy (non-hydrogen) atoms. The van der Waals surface area contributed by atoms with Gasteiger partial charge in [0.25, 0.3) is 0 Å². The molecule has 0 radical (unpaired) electrons. The van der Waals surface area contributed by atoms with E-state index in [1.54, 1.807) is 0 Å². The van der Waals surface area contributed by atoms with E-state index in [0.717, 1.165) is 52.0 Å². The van der Waals surface area contributed by atoms with E-state index in [1.807, 2.05) is 13.8 Å². The second-order valence-electron chi connectivity index (χ2n) is 21.9. The van der Waals surface area contributed by atoms with Crippen LogP contribution in [-0.2, 0) is 0 Å². The summed E-state index contributed by atoms with van der Waals surface area (Å²) in [5.41, 5.74) is 12.3. The first-order valence-corrected chi connectivity index (χ1v) is 26.3. The van der Waals surface area contributed by atoms with Crippen LogP contribution in [0.4, 0.5) is 0 Å². The molecule has 0 aliphatic carbocycles. The first kappa shape index (κ1) is 63.3. The third kappa shape index (κ3) is 17.2. The van der Waals surface area contributed by atoms with Gasteiger partial charge in [-0.2, -0.15) is 0 Å². The van der Waals surface area contributed by atoms with Gasteiger partial charge in [0.15, 0.2) is 0 Å². The molecule has 6 aromatic heterocycles. The molecular weight excluding hydrogens is 865 g/mol. The molecule has 0 saturated heterocycles. The molecule has 0 N–H and O–H groups in total. The van der Waals surface area contributed by atoms with Crippen LogP contribution in [0.2, 0.25) is 0 Å². The smallest absolute Gasteiger partial charge is 0.106 e. The van der Waals surface area contributed by atoms with E-state index in [9.17, 15) is 0 Å². The number of hydrogen-bond donors (Lipinski definition) is 0. The molecule has 0 unspecified atom stereocenters. The van der Waals surface area contributed by atoms with Crippen molar-refractivity contribution in [3.8, 4) is 0 Å². The fourth-order valence-corrected chi connectivity index (χ4v) is 9.55. The van der Waals surface area contributed by atoms with Crippen LogP contribution < -0.4 is 0 Å². The first-order chi connectivity index (χ1) is 32.1. The summed E-state index contributed by atoms with van der Waals surface area (Å²) >= 11 is 0. The highest BCUT2D eigenvalue weighted by atomic mass is 15.1. The van der Waals surface area contributed by atoms with Gasteiger partial charge in [-0.05, 0) is 191 Å². The lowest BCUT2D eigenvalue weighted by molar-refractivity contribution is 0.567. The largest absolute Gasteiger partial charge is 0.332 e. The fraction of sp³-hybridized carbons (Fsp3) is 0.690. The molecule has 6 aromatic rings. The quantitative estimate of drug-likeness (QED) is 0.143. The molecule has 0 saturated carbocycles. The van der Waals surface area contributed by atoms with Crippen LogP contribution >= 0.6 is 0 Å². The van der Waals surface area contributed by atoms with E-state index in [1.165, 1.54) is 39.9 Å². The van der Waals surface area contributed by atoms with Crippen molar-refractivity contribution in [1.29, 1.82) is 0 Å². The van der Waals surface area contributed by atoms with Gasteiger partial charge in [-0.15, -0.1) is 0 Å². The van der Waals surface area contributed by atoms with Crippen LogP contribution in [0.15, 0.2) is 12.4 Å².